The molecule has 1 aromatic rings. The molecule has 2 N–H and O–H groups in total. The Morgan fingerprint density at radius 2 is 1.87 bits per heavy atom. The van der Waals surface area contributed by atoms with Gasteiger partial charge in [0.1, 0.15) is 6.10 Å². The van der Waals surface area contributed by atoms with Gasteiger partial charge >= 0.3 is 0 Å². The third kappa shape index (κ3) is 7.23. The van der Waals surface area contributed by atoms with Crippen LogP contribution in [0.5, 0.6) is 11.5 Å². The van der Waals surface area contributed by atoms with Crippen molar-refractivity contribution in [3.63, 3.8) is 0 Å². The molecular weight excluding hydrogens is 294 g/mol. The zero-order valence-corrected chi connectivity index (χ0v) is 14.8. The lowest BCUT2D eigenvalue weighted by Crippen LogP contribution is -2.44. The van der Waals surface area contributed by atoms with E-state index in [1.807, 2.05) is 45.0 Å². The highest BCUT2D eigenvalue weighted by molar-refractivity contribution is 5.80. The molecule has 1 rings (SSSR count). The average Bonchev–Trinajstić information content (AvgIpc) is 2.53. The summed E-state index contributed by atoms with van der Waals surface area (Å²) in [7, 11) is 3.32. The van der Waals surface area contributed by atoms with E-state index in [0.29, 0.717) is 13.2 Å². The van der Waals surface area contributed by atoms with Crippen molar-refractivity contribution in [1.29, 1.82) is 0 Å². The average molecular weight is 323 g/mol. The van der Waals surface area contributed by atoms with E-state index in [2.05, 4.69) is 15.6 Å². The topological polar surface area (TPSA) is 64.1 Å². The number of ether oxygens (including phenoxy) is 3. The molecule has 0 bridgehead atoms. The summed E-state index contributed by atoms with van der Waals surface area (Å²) in [6.45, 7) is 8.02. The van der Waals surface area contributed by atoms with E-state index in [0.717, 1.165) is 24.0 Å². The fourth-order valence-electron chi connectivity index (χ4n) is 2.04. The summed E-state index contributed by atoms with van der Waals surface area (Å²) in [4.78, 5) is 4.56. The third-order valence-corrected chi connectivity index (χ3v) is 3.05. The van der Waals surface area contributed by atoms with Gasteiger partial charge in [-0.25, -0.2) is 4.99 Å². The van der Waals surface area contributed by atoms with E-state index in [4.69, 9.17) is 14.2 Å². The molecule has 0 aliphatic carbocycles. The molecule has 0 saturated heterocycles. The molecular formula is C17H29N3O3. The van der Waals surface area contributed by atoms with Crippen molar-refractivity contribution in [2.45, 2.75) is 32.9 Å². The summed E-state index contributed by atoms with van der Waals surface area (Å²) < 4.78 is 16.3. The van der Waals surface area contributed by atoms with Crippen molar-refractivity contribution in [2.24, 2.45) is 4.99 Å². The Morgan fingerprint density at radius 3 is 2.48 bits per heavy atom. The van der Waals surface area contributed by atoms with Gasteiger partial charge in [-0.1, -0.05) is 12.1 Å². The van der Waals surface area contributed by atoms with Gasteiger partial charge in [0.15, 0.2) is 17.5 Å². The molecule has 1 aromatic carbocycles. The fraction of sp³-hybridized carbons (Fsp3) is 0.588. The highest BCUT2D eigenvalue weighted by Crippen LogP contribution is 2.26. The monoisotopic (exact) mass is 323 g/mol. The molecule has 0 radical (unpaired) electrons. The molecule has 0 heterocycles. The van der Waals surface area contributed by atoms with Crippen LogP contribution in [0.1, 0.15) is 20.8 Å². The predicted octanol–water partition coefficient (Wildman–Crippen LogP) is 2.05. The molecule has 2 unspecified atom stereocenters. The van der Waals surface area contributed by atoms with Crippen molar-refractivity contribution in [3.05, 3.63) is 24.3 Å². The Hall–Kier alpha value is -1.95. The molecule has 0 aliphatic heterocycles. The van der Waals surface area contributed by atoms with Crippen LogP contribution >= 0.6 is 0 Å². The summed E-state index contributed by atoms with van der Waals surface area (Å²) in [6, 6.07) is 7.79. The predicted molar refractivity (Wildman–Crippen MR) is 93.5 cm³/mol. The van der Waals surface area contributed by atoms with Gasteiger partial charge in [-0.2, -0.15) is 0 Å². The number of hydrogen-bond donors (Lipinski definition) is 2. The number of methoxy groups -OCH3 is 2. The quantitative estimate of drug-likeness (QED) is 0.538. The summed E-state index contributed by atoms with van der Waals surface area (Å²) in [5, 5.41) is 6.51. The Morgan fingerprint density at radius 1 is 1.17 bits per heavy atom. The third-order valence-electron chi connectivity index (χ3n) is 3.05. The molecule has 0 aromatic heterocycles. The zero-order valence-electron chi connectivity index (χ0n) is 14.8. The van der Waals surface area contributed by atoms with Crippen molar-refractivity contribution in [2.75, 3.05) is 33.9 Å². The highest BCUT2D eigenvalue weighted by atomic mass is 16.5. The van der Waals surface area contributed by atoms with Gasteiger partial charge in [0, 0.05) is 19.7 Å². The first-order chi connectivity index (χ1) is 11.1. The van der Waals surface area contributed by atoms with E-state index in [9.17, 15) is 0 Å². The number of hydrogen-bond acceptors (Lipinski definition) is 4. The van der Waals surface area contributed by atoms with Crippen LogP contribution in [0.2, 0.25) is 0 Å². The summed E-state index contributed by atoms with van der Waals surface area (Å²) in [5.74, 6) is 2.21. The number of para-hydroxylation sites is 2. The lowest BCUT2D eigenvalue weighted by Gasteiger charge is -2.19. The second kappa shape index (κ2) is 10.7. The standard InChI is InChI=1S/C17H29N3O3/c1-6-18-17(20-13(2)12-21-4)19-11-14(3)23-16-10-8-7-9-15(16)22-5/h7-10,13-14H,6,11-12H2,1-5H3,(H2,18,19,20). The maximum absolute atomic E-state index is 5.91. The SMILES string of the molecule is CCNC(=NCC(C)Oc1ccccc1OC)NC(C)COC. The molecule has 0 aliphatic rings. The normalized spacial score (nSPS) is 14.0. The Bertz CT molecular complexity index is 480. The van der Waals surface area contributed by atoms with E-state index in [1.54, 1.807) is 14.2 Å². The largest absolute Gasteiger partial charge is 0.493 e. The number of aliphatic imine (C=N–C) groups is 1. The smallest absolute Gasteiger partial charge is 0.191 e. The van der Waals surface area contributed by atoms with Gasteiger partial charge in [0.05, 0.1) is 20.3 Å². The molecule has 2 atom stereocenters. The number of benzene rings is 1. The highest BCUT2D eigenvalue weighted by Gasteiger charge is 2.09. The van der Waals surface area contributed by atoms with Crippen molar-refractivity contribution in [3.8, 4) is 11.5 Å². The molecule has 0 spiro atoms. The van der Waals surface area contributed by atoms with E-state index < -0.39 is 0 Å². The van der Waals surface area contributed by atoms with Gasteiger partial charge in [0.25, 0.3) is 0 Å². The van der Waals surface area contributed by atoms with Gasteiger partial charge < -0.3 is 24.8 Å². The van der Waals surface area contributed by atoms with Crippen LogP contribution in [0.25, 0.3) is 0 Å². The molecule has 0 saturated carbocycles. The van der Waals surface area contributed by atoms with Gasteiger partial charge in [-0.15, -0.1) is 0 Å². The lowest BCUT2D eigenvalue weighted by molar-refractivity contribution is 0.178. The van der Waals surface area contributed by atoms with Gasteiger partial charge in [-0.3, -0.25) is 0 Å². The Kier molecular flexibility index (Phi) is 8.90. The van der Waals surface area contributed by atoms with Gasteiger partial charge in [-0.05, 0) is 32.9 Å². The van der Waals surface area contributed by atoms with Crippen LogP contribution in [0.15, 0.2) is 29.3 Å². The molecule has 6 heteroatoms. The second-order valence-corrected chi connectivity index (χ2v) is 5.30. The van der Waals surface area contributed by atoms with E-state index in [1.165, 1.54) is 0 Å². The fourth-order valence-corrected chi connectivity index (χ4v) is 2.04. The Labute approximate surface area is 139 Å². The summed E-state index contributed by atoms with van der Waals surface area (Å²) in [6.07, 6.45) is -0.0699. The first kappa shape index (κ1) is 19.1. The number of nitrogens with zero attached hydrogens (tertiary/aromatic N) is 1. The molecule has 0 fully saturated rings. The van der Waals surface area contributed by atoms with E-state index in [-0.39, 0.29) is 12.1 Å². The van der Waals surface area contributed by atoms with Crippen molar-refractivity contribution in [1.82, 2.24) is 10.6 Å². The first-order valence-corrected chi connectivity index (χ1v) is 7.94. The van der Waals surface area contributed by atoms with Crippen LogP contribution in [0.4, 0.5) is 0 Å². The van der Waals surface area contributed by atoms with Gasteiger partial charge in [0.2, 0.25) is 0 Å². The molecule has 130 valence electrons. The van der Waals surface area contributed by atoms with Crippen LogP contribution in [0.3, 0.4) is 0 Å². The van der Waals surface area contributed by atoms with Crippen LogP contribution in [-0.4, -0.2) is 52.0 Å². The van der Waals surface area contributed by atoms with E-state index >= 15 is 0 Å². The van der Waals surface area contributed by atoms with Crippen LogP contribution < -0.4 is 20.1 Å². The summed E-state index contributed by atoms with van der Waals surface area (Å²) in [5.41, 5.74) is 0. The van der Waals surface area contributed by atoms with Crippen LogP contribution in [-0.2, 0) is 4.74 Å². The molecule has 6 nitrogen and oxygen atoms in total. The second-order valence-electron chi connectivity index (χ2n) is 5.30. The Balaban J connectivity index is 2.60. The molecule has 0 amide bonds. The van der Waals surface area contributed by atoms with Crippen LogP contribution in [0, 0.1) is 0 Å². The minimum absolute atomic E-state index is 0.0699. The molecule has 23 heavy (non-hydrogen) atoms. The summed E-state index contributed by atoms with van der Waals surface area (Å²) >= 11 is 0. The number of guanidine groups is 1. The minimum atomic E-state index is -0.0699. The van der Waals surface area contributed by atoms with Crippen molar-refractivity contribution >= 4 is 5.96 Å². The maximum atomic E-state index is 5.91. The van der Waals surface area contributed by atoms with Crippen molar-refractivity contribution < 1.29 is 14.2 Å². The lowest BCUT2D eigenvalue weighted by atomic mass is 10.3. The number of rotatable bonds is 9. The minimum Gasteiger partial charge on any atom is -0.493 e. The number of nitrogens with one attached hydrogen (secondary N) is 2. The zero-order chi connectivity index (χ0) is 17.1. The maximum Gasteiger partial charge on any atom is 0.191 e. The first-order valence-electron chi connectivity index (χ1n) is 7.94.